The fourth-order valence-corrected chi connectivity index (χ4v) is 1.87. The summed E-state index contributed by atoms with van der Waals surface area (Å²) in [5.74, 6) is 0. The molecule has 3 aromatic heterocycles. The number of halogens is 1. The van der Waals surface area contributed by atoms with E-state index in [2.05, 4.69) is 20.1 Å². The van der Waals surface area contributed by atoms with Crippen LogP contribution in [0.3, 0.4) is 0 Å². The van der Waals surface area contributed by atoms with Gasteiger partial charge in [0.25, 0.3) is 5.56 Å². The molecular formula is C11H9ClN6O. The molecule has 96 valence electrons. The lowest BCUT2D eigenvalue weighted by Crippen LogP contribution is -2.21. The zero-order valence-electron chi connectivity index (χ0n) is 9.99. The van der Waals surface area contributed by atoms with E-state index in [1.165, 1.54) is 29.5 Å². The van der Waals surface area contributed by atoms with E-state index in [0.29, 0.717) is 28.4 Å². The molecule has 0 fully saturated rings. The maximum Gasteiger partial charge on any atom is 0.264 e. The zero-order valence-corrected chi connectivity index (χ0v) is 10.7. The lowest BCUT2D eigenvalue weighted by Gasteiger charge is -2.04. The van der Waals surface area contributed by atoms with Crippen LogP contribution in [0, 0.1) is 0 Å². The fraction of sp³-hybridized carbons (Fsp3) is 0.182. The molecule has 0 bridgehead atoms. The highest BCUT2D eigenvalue weighted by Crippen LogP contribution is 2.05. The molecule has 3 heterocycles. The number of rotatable bonds is 2. The summed E-state index contributed by atoms with van der Waals surface area (Å²) in [6, 6.07) is 0. The molecule has 0 atom stereocenters. The quantitative estimate of drug-likeness (QED) is 0.686. The predicted molar refractivity (Wildman–Crippen MR) is 68.9 cm³/mol. The molecule has 0 aliphatic carbocycles. The minimum absolute atomic E-state index is 0.158. The van der Waals surface area contributed by atoms with Gasteiger partial charge in [0.2, 0.25) is 0 Å². The SMILES string of the molecule is Cn1ncc2c(=O)n(Cc3cnc(Cl)cn3)cnc21. The molecule has 7 nitrogen and oxygen atoms in total. The fourth-order valence-electron chi connectivity index (χ4n) is 1.77. The van der Waals surface area contributed by atoms with Crippen molar-refractivity contribution in [2.75, 3.05) is 0 Å². The van der Waals surface area contributed by atoms with Crippen molar-refractivity contribution < 1.29 is 0 Å². The summed E-state index contributed by atoms with van der Waals surface area (Å²) >= 11 is 5.66. The Morgan fingerprint density at radius 1 is 1.21 bits per heavy atom. The van der Waals surface area contributed by atoms with Gasteiger partial charge in [-0.3, -0.25) is 19.0 Å². The van der Waals surface area contributed by atoms with Crippen molar-refractivity contribution >= 4 is 22.6 Å². The lowest BCUT2D eigenvalue weighted by atomic mass is 10.4. The standard InChI is InChI=1S/C11H9ClN6O/c1-17-10-8(3-16-17)11(19)18(6-15-10)5-7-2-14-9(12)4-13-7/h2-4,6H,5H2,1H3. The average Bonchev–Trinajstić information content (AvgIpc) is 2.78. The van der Waals surface area contributed by atoms with Gasteiger partial charge < -0.3 is 0 Å². The second kappa shape index (κ2) is 4.43. The first kappa shape index (κ1) is 11.8. The highest BCUT2D eigenvalue weighted by Gasteiger charge is 2.08. The number of fused-ring (bicyclic) bond motifs is 1. The topological polar surface area (TPSA) is 78.5 Å². The van der Waals surface area contributed by atoms with Crippen LogP contribution in [0.1, 0.15) is 5.69 Å². The Morgan fingerprint density at radius 2 is 2.05 bits per heavy atom. The van der Waals surface area contributed by atoms with Crippen LogP contribution in [-0.4, -0.2) is 29.3 Å². The molecule has 0 amide bonds. The molecule has 19 heavy (non-hydrogen) atoms. The van der Waals surface area contributed by atoms with Gasteiger partial charge in [0.05, 0.1) is 30.8 Å². The van der Waals surface area contributed by atoms with E-state index in [4.69, 9.17) is 11.6 Å². The van der Waals surface area contributed by atoms with E-state index in [9.17, 15) is 4.79 Å². The Balaban J connectivity index is 2.04. The molecule has 0 radical (unpaired) electrons. The molecule has 0 aliphatic heterocycles. The van der Waals surface area contributed by atoms with Crippen LogP contribution < -0.4 is 5.56 Å². The van der Waals surface area contributed by atoms with Crippen LogP contribution in [0.4, 0.5) is 0 Å². The summed E-state index contributed by atoms with van der Waals surface area (Å²) in [6.45, 7) is 0.292. The highest BCUT2D eigenvalue weighted by atomic mass is 35.5. The molecule has 0 saturated heterocycles. The van der Waals surface area contributed by atoms with Crippen molar-refractivity contribution in [1.29, 1.82) is 0 Å². The van der Waals surface area contributed by atoms with Gasteiger partial charge >= 0.3 is 0 Å². The summed E-state index contributed by atoms with van der Waals surface area (Å²) in [6.07, 6.45) is 5.96. The van der Waals surface area contributed by atoms with Gasteiger partial charge in [-0.15, -0.1) is 0 Å². The van der Waals surface area contributed by atoms with E-state index in [0.717, 1.165) is 0 Å². The van der Waals surface area contributed by atoms with E-state index in [-0.39, 0.29) is 5.56 Å². The first-order chi connectivity index (χ1) is 9.15. The van der Waals surface area contributed by atoms with Crippen LogP contribution in [0.15, 0.2) is 29.7 Å². The lowest BCUT2D eigenvalue weighted by molar-refractivity contribution is 0.719. The monoisotopic (exact) mass is 276 g/mol. The maximum atomic E-state index is 12.2. The van der Waals surface area contributed by atoms with Crippen molar-refractivity contribution in [3.05, 3.63) is 46.1 Å². The molecule has 0 spiro atoms. The molecule has 0 aromatic carbocycles. The number of hydrogen-bond donors (Lipinski definition) is 0. The molecule has 0 unspecified atom stereocenters. The third-order valence-electron chi connectivity index (χ3n) is 2.72. The first-order valence-corrected chi connectivity index (χ1v) is 5.86. The molecule has 0 aliphatic rings. The van der Waals surface area contributed by atoms with Gasteiger partial charge in [0.15, 0.2) is 5.65 Å². The zero-order chi connectivity index (χ0) is 13.4. The van der Waals surface area contributed by atoms with Crippen molar-refractivity contribution in [2.24, 2.45) is 7.05 Å². The van der Waals surface area contributed by atoms with Crippen molar-refractivity contribution in [3.8, 4) is 0 Å². The van der Waals surface area contributed by atoms with Crippen LogP contribution in [0.2, 0.25) is 5.15 Å². The third kappa shape index (κ3) is 2.08. The number of hydrogen-bond acceptors (Lipinski definition) is 5. The normalized spacial score (nSPS) is 11.1. The van der Waals surface area contributed by atoms with E-state index in [1.54, 1.807) is 11.7 Å². The van der Waals surface area contributed by atoms with Gasteiger partial charge in [-0.05, 0) is 0 Å². The van der Waals surface area contributed by atoms with Gasteiger partial charge in [0.1, 0.15) is 16.9 Å². The molecule has 3 rings (SSSR count). The van der Waals surface area contributed by atoms with Crippen molar-refractivity contribution in [3.63, 3.8) is 0 Å². The van der Waals surface area contributed by atoms with Gasteiger partial charge in [-0.2, -0.15) is 5.10 Å². The maximum absolute atomic E-state index is 12.2. The summed E-state index contributed by atoms with van der Waals surface area (Å²) < 4.78 is 3.02. The van der Waals surface area contributed by atoms with E-state index in [1.807, 2.05) is 0 Å². The van der Waals surface area contributed by atoms with Gasteiger partial charge in [0, 0.05) is 7.05 Å². The van der Waals surface area contributed by atoms with Crippen molar-refractivity contribution in [2.45, 2.75) is 6.54 Å². The summed E-state index contributed by atoms with van der Waals surface area (Å²) in [5, 5.41) is 4.81. The van der Waals surface area contributed by atoms with E-state index < -0.39 is 0 Å². The number of nitrogens with zero attached hydrogens (tertiary/aromatic N) is 6. The van der Waals surface area contributed by atoms with Gasteiger partial charge in [-0.1, -0.05) is 11.6 Å². The molecule has 0 N–H and O–H groups in total. The smallest absolute Gasteiger partial charge is 0.264 e. The first-order valence-electron chi connectivity index (χ1n) is 5.49. The second-order valence-corrected chi connectivity index (χ2v) is 4.40. The van der Waals surface area contributed by atoms with E-state index >= 15 is 0 Å². The number of aromatic nitrogens is 6. The molecule has 3 aromatic rings. The largest absolute Gasteiger partial charge is 0.292 e. The Kier molecular flexibility index (Phi) is 2.75. The summed E-state index contributed by atoms with van der Waals surface area (Å²) in [5.41, 5.74) is 1.04. The average molecular weight is 277 g/mol. The Labute approximate surface area is 112 Å². The van der Waals surface area contributed by atoms with Crippen molar-refractivity contribution in [1.82, 2.24) is 29.3 Å². The summed E-state index contributed by atoms with van der Waals surface area (Å²) in [4.78, 5) is 24.4. The highest BCUT2D eigenvalue weighted by molar-refractivity contribution is 6.29. The van der Waals surface area contributed by atoms with Crippen LogP contribution in [-0.2, 0) is 13.6 Å². The third-order valence-corrected chi connectivity index (χ3v) is 2.92. The minimum Gasteiger partial charge on any atom is -0.292 e. The molecule has 8 heteroatoms. The van der Waals surface area contributed by atoms with Crippen LogP contribution in [0.25, 0.3) is 11.0 Å². The second-order valence-electron chi connectivity index (χ2n) is 4.01. The number of aryl methyl sites for hydroxylation is 1. The Hall–Kier alpha value is -2.28. The van der Waals surface area contributed by atoms with Gasteiger partial charge in [-0.25, -0.2) is 9.97 Å². The summed E-state index contributed by atoms with van der Waals surface area (Å²) in [7, 11) is 1.74. The Morgan fingerprint density at radius 3 is 2.79 bits per heavy atom. The molecule has 0 saturated carbocycles. The van der Waals surface area contributed by atoms with Crippen LogP contribution >= 0.6 is 11.6 Å². The molecular weight excluding hydrogens is 268 g/mol. The van der Waals surface area contributed by atoms with Crippen LogP contribution in [0.5, 0.6) is 0 Å². The minimum atomic E-state index is -0.158. The predicted octanol–water partition coefficient (Wildman–Crippen LogP) is 0.622. The Bertz CT molecular complexity index is 791.